The van der Waals surface area contributed by atoms with Crippen molar-refractivity contribution in [3.63, 3.8) is 0 Å². The summed E-state index contributed by atoms with van der Waals surface area (Å²) < 4.78 is 30.2. The molecule has 0 unspecified atom stereocenters. The van der Waals surface area contributed by atoms with Crippen molar-refractivity contribution in [3.05, 3.63) is 73.5 Å². The number of carbonyl (C=O) groups is 1. The number of hydrogen-bond acceptors (Lipinski definition) is 5. The molecule has 0 saturated heterocycles. The standard InChI is InChI=1S/C22H22Cl2N2O6S/c1-22(2,3)26-16-8-7-12(9-13-5-4-6-15(23)18(13)24)10-14(16)19(27)20(32-21(28)29)17(26)11-33(25,30)31/h4-8,10H,9,11H2,1-3H3,(H,28,29)(H2,25,30,31). The second-order valence-electron chi connectivity index (χ2n) is 8.53. The minimum Gasteiger partial charge on any atom is -0.449 e. The predicted octanol–water partition coefficient (Wildman–Crippen LogP) is 4.50. The Bertz CT molecular complexity index is 1430. The van der Waals surface area contributed by atoms with Gasteiger partial charge in [0.25, 0.3) is 0 Å². The van der Waals surface area contributed by atoms with Gasteiger partial charge in [0.2, 0.25) is 21.2 Å². The number of nitrogens with zero attached hydrogens (tertiary/aromatic N) is 1. The molecular formula is C22H22Cl2N2O6S. The summed E-state index contributed by atoms with van der Waals surface area (Å²) in [6.07, 6.45) is -1.39. The number of pyridine rings is 1. The van der Waals surface area contributed by atoms with Crippen molar-refractivity contribution < 1.29 is 23.1 Å². The first kappa shape index (κ1) is 25.0. The number of hydrogen-bond donors (Lipinski definition) is 2. The monoisotopic (exact) mass is 512 g/mol. The third-order valence-electron chi connectivity index (χ3n) is 4.91. The second-order valence-corrected chi connectivity index (χ2v) is 10.9. The summed E-state index contributed by atoms with van der Waals surface area (Å²) in [5, 5.41) is 15.4. The Hall–Kier alpha value is -2.59. The molecule has 8 nitrogen and oxygen atoms in total. The Balaban J connectivity index is 2.35. The molecule has 0 atom stereocenters. The molecule has 0 saturated carbocycles. The van der Waals surface area contributed by atoms with E-state index in [1.165, 1.54) is 0 Å². The SMILES string of the molecule is CC(C)(C)n1c(CS(N)(=O)=O)c(OC(=O)O)c(=O)c2cc(Cc3cccc(Cl)c3Cl)ccc21. The van der Waals surface area contributed by atoms with Crippen LogP contribution in [0.25, 0.3) is 10.9 Å². The molecule has 3 rings (SSSR count). The van der Waals surface area contributed by atoms with Gasteiger partial charge in [-0.05, 0) is 56.5 Å². The Morgan fingerprint density at radius 2 is 1.85 bits per heavy atom. The maximum Gasteiger partial charge on any atom is 0.511 e. The summed E-state index contributed by atoms with van der Waals surface area (Å²) in [5.41, 5.74) is 0.212. The number of halogens is 2. The van der Waals surface area contributed by atoms with Crippen LogP contribution in [-0.4, -0.2) is 24.2 Å². The lowest BCUT2D eigenvalue weighted by Gasteiger charge is -2.30. The van der Waals surface area contributed by atoms with Gasteiger partial charge in [-0.3, -0.25) is 4.79 Å². The first-order valence-electron chi connectivity index (χ1n) is 9.74. The van der Waals surface area contributed by atoms with E-state index in [0.29, 0.717) is 27.5 Å². The van der Waals surface area contributed by atoms with E-state index in [-0.39, 0.29) is 11.1 Å². The number of carboxylic acid groups (broad SMARTS) is 1. The van der Waals surface area contributed by atoms with Gasteiger partial charge in [-0.25, -0.2) is 18.4 Å². The first-order chi connectivity index (χ1) is 15.2. The fraction of sp³-hybridized carbons (Fsp3) is 0.273. The zero-order valence-electron chi connectivity index (χ0n) is 18.1. The number of nitrogens with two attached hydrogens (primary N) is 1. The lowest BCUT2D eigenvalue weighted by atomic mass is 10.00. The van der Waals surface area contributed by atoms with Crippen molar-refractivity contribution in [2.75, 3.05) is 0 Å². The molecule has 11 heteroatoms. The van der Waals surface area contributed by atoms with Crippen LogP contribution >= 0.6 is 23.2 Å². The van der Waals surface area contributed by atoms with Crippen LogP contribution in [0.3, 0.4) is 0 Å². The first-order valence-corrected chi connectivity index (χ1v) is 12.2. The van der Waals surface area contributed by atoms with Crippen molar-refractivity contribution in [1.29, 1.82) is 0 Å². The molecule has 0 radical (unpaired) electrons. The highest BCUT2D eigenvalue weighted by molar-refractivity contribution is 7.88. The fourth-order valence-corrected chi connectivity index (χ4v) is 4.78. The number of ether oxygens (including phenoxy) is 1. The van der Waals surface area contributed by atoms with Gasteiger partial charge in [-0.1, -0.05) is 41.4 Å². The second kappa shape index (κ2) is 8.98. The highest BCUT2D eigenvalue weighted by Gasteiger charge is 2.28. The molecule has 0 spiro atoms. The van der Waals surface area contributed by atoms with E-state index in [4.69, 9.17) is 33.1 Å². The van der Waals surface area contributed by atoms with Gasteiger partial charge in [0, 0.05) is 10.9 Å². The number of sulfonamides is 1. The summed E-state index contributed by atoms with van der Waals surface area (Å²) in [7, 11) is -4.12. The van der Waals surface area contributed by atoms with Crippen LogP contribution in [0.1, 0.15) is 37.6 Å². The van der Waals surface area contributed by atoms with E-state index >= 15 is 0 Å². The van der Waals surface area contributed by atoms with Crippen LogP contribution in [0.4, 0.5) is 4.79 Å². The third-order valence-corrected chi connectivity index (χ3v) is 6.44. The summed E-state index contributed by atoms with van der Waals surface area (Å²) >= 11 is 12.4. The molecule has 2 aromatic carbocycles. The van der Waals surface area contributed by atoms with Gasteiger partial charge in [-0.2, -0.15) is 0 Å². The molecule has 33 heavy (non-hydrogen) atoms. The zero-order chi connectivity index (χ0) is 24.7. The largest absolute Gasteiger partial charge is 0.511 e. The highest BCUT2D eigenvalue weighted by Crippen LogP contribution is 2.32. The number of benzene rings is 2. The van der Waals surface area contributed by atoms with Crippen molar-refractivity contribution in [2.24, 2.45) is 5.14 Å². The van der Waals surface area contributed by atoms with E-state index < -0.39 is 38.6 Å². The van der Waals surface area contributed by atoms with Gasteiger partial charge in [0.1, 0.15) is 5.75 Å². The van der Waals surface area contributed by atoms with Gasteiger partial charge in [-0.15, -0.1) is 0 Å². The molecule has 0 aliphatic carbocycles. The zero-order valence-corrected chi connectivity index (χ0v) is 20.4. The average Bonchev–Trinajstić information content (AvgIpc) is 2.66. The molecular weight excluding hydrogens is 491 g/mol. The number of fused-ring (bicyclic) bond motifs is 1. The summed E-state index contributed by atoms with van der Waals surface area (Å²) in [6, 6.07) is 10.3. The number of rotatable bonds is 5. The van der Waals surface area contributed by atoms with Crippen molar-refractivity contribution in [3.8, 4) is 5.75 Å². The van der Waals surface area contributed by atoms with Crippen LogP contribution in [0.2, 0.25) is 10.0 Å². The smallest absolute Gasteiger partial charge is 0.449 e. The molecule has 0 amide bonds. The van der Waals surface area contributed by atoms with Crippen LogP contribution in [-0.2, 0) is 27.7 Å². The molecule has 0 fully saturated rings. The summed E-state index contributed by atoms with van der Waals surface area (Å²) in [5.74, 6) is -1.38. The Labute approximate surface area is 200 Å². The molecule has 0 aliphatic heterocycles. The topological polar surface area (TPSA) is 129 Å². The summed E-state index contributed by atoms with van der Waals surface area (Å²) in [6.45, 7) is 5.36. The van der Waals surface area contributed by atoms with Crippen molar-refractivity contribution >= 4 is 50.3 Å². The summed E-state index contributed by atoms with van der Waals surface area (Å²) in [4.78, 5) is 24.6. The fourth-order valence-electron chi connectivity index (χ4n) is 3.75. The Morgan fingerprint density at radius 3 is 2.42 bits per heavy atom. The Kier molecular flexibility index (Phi) is 6.82. The minimum atomic E-state index is -4.12. The maximum atomic E-state index is 13.3. The third kappa shape index (κ3) is 5.50. The molecule has 1 heterocycles. The molecule has 3 aromatic rings. The molecule has 0 bridgehead atoms. The lowest BCUT2D eigenvalue weighted by Crippen LogP contribution is -2.32. The van der Waals surface area contributed by atoms with E-state index in [1.807, 2.05) is 0 Å². The average molecular weight is 513 g/mol. The molecule has 176 valence electrons. The van der Waals surface area contributed by atoms with Crippen LogP contribution in [0.15, 0.2) is 41.2 Å². The van der Waals surface area contributed by atoms with Gasteiger partial charge in [0.05, 0.1) is 21.3 Å². The highest BCUT2D eigenvalue weighted by atomic mass is 35.5. The number of primary sulfonamides is 1. The molecule has 0 aliphatic rings. The predicted molar refractivity (Wildman–Crippen MR) is 128 cm³/mol. The maximum absolute atomic E-state index is 13.3. The van der Waals surface area contributed by atoms with E-state index in [1.54, 1.807) is 61.7 Å². The van der Waals surface area contributed by atoms with Gasteiger partial charge < -0.3 is 14.4 Å². The van der Waals surface area contributed by atoms with Crippen molar-refractivity contribution in [1.82, 2.24) is 4.57 Å². The van der Waals surface area contributed by atoms with Crippen LogP contribution < -0.4 is 15.3 Å². The normalized spacial score (nSPS) is 12.2. The Morgan fingerprint density at radius 1 is 1.18 bits per heavy atom. The van der Waals surface area contributed by atoms with E-state index in [2.05, 4.69) is 0 Å². The van der Waals surface area contributed by atoms with Gasteiger partial charge >= 0.3 is 6.16 Å². The lowest BCUT2D eigenvalue weighted by molar-refractivity contribution is 0.143. The van der Waals surface area contributed by atoms with Gasteiger partial charge in [0.15, 0.2) is 0 Å². The number of aromatic nitrogens is 1. The molecule has 3 N–H and O–H groups in total. The quantitative estimate of drug-likeness (QED) is 0.484. The van der Waals surface area contributed by atoms with Crippen LogP contribution in [0.5, 0.6) is 5.75 Å². The van der Waals surface area contributed by atoms with Crippen LogP contribution in [0, 0.1) is 0 Å². The molecule has 1 aromatic heterocycles. The van der Waals surface area contributed by atoms with E-state index in [9.17, 15) is 23.1 Å². The van der Waals surface area contributed by atoms with E-state index in [0.717, 1.165) is 5.56 Å². The minimum absolute atomic E-state index is 0.143. The van der Waals surface area contributed by atoms with Crippen molar-refractivity contribution in [2.45, 2.75) is 38.5 Å².